The molecule has 3 heterocycles. The maximum Gasteiger partial charge on any atom is 0.410 e. The van der Waals surface area contributed by atoms with Gasteiger partial charge < -0.3 is 19.5 Å². The lowest BCUT2D eigenvalue weighted by atomic mass is 9.92. The summed E-state index contributed by atoms with van der Waals surface area (Å²) < 4.78 is 17.4. The van der Waals surface area contributed by atoms with E-state index in [9.17, 15) is 4.79 Å². The molecule has 1 unspecified atom stereocenters. The van der Waals surface area contributed by atoms with Crippen molar-refractivity contribution in [3.8, 4) is 11.9 Å². The molecule has 1 aromatic carbocycles. The summed E-state index contributed by atoms with van der Waals surface area (Å²) in [7, 11) is 0. The number of ether oxygens (including phenoxy) is 3. The standard InChI is InChI=1S/C23H26ClN5O4/c1-13(2)32-23(30)29-16-7-18(8-17(29)11-31-10-16)33-22-14(3)21(26-12-27-22)28-20-5-4-15(9-25)6-19(20)24/h4-6,12-13,16-18H,7-8,10-11H2,1-3H3,(H,26,27,28)/t16-,17+,18?. The number of piperidine rings is 1. The Morgan fingerprint density at radius 1 is 1.30 bits per heavy atom. The van der Waals surface area contributed by atoms with Crippen molar-refractivity contribution in [3.63, 3.8) is 0 Å². The lowest BCUT2D eigenvalue weighted by molar-refractivity contribution is -0.0934. The Bertz CT molecular complexity index is 1060. The fourth-order valence-corrected chi connectivity index (χ4v) is 4.40. The van der Waals surface area contributed by atoms with Crippen LogP contribution in [0.1, 0.15) is 37.8 Å². The van der Waals surface area contributed by atoms with Gasteiger partial charge in [0.2, 0.25) is 5.88 Å². The Morgan fingerprint density at radius 3 is 2.67 bits per heavy atom. The van der Waals surface area contributed by atoms with Gasteiger partial charge in [0.15, 0.2) is 0 Å². The average Bonchev–Trinajstić information content (AvgIpc) is 2.76. The van der Waals surface area contributed by atoms with E-state index in [1.54, 1.807) is 23.1 Å². The van der Waals surface area contributed by atoms with E-state index in [0.717, 1.165) is 5.56 Å². The maximum absolute atomic E-state index is 12.6. The highest BCUT2D eigenvalue weighted by Gasteiger charge is 2.43. The SMILES string of the molecule is Cc1c(Nc2ccc(C#N)cc2Cl)ncnc1OC1C[C@H]2COC[C@@H](C1)N2C(=O)OC(C)C. The van der Waals surface area contributed by atoms with Crippen LogP contribution in [0.2, 0.25) is 5.02 Å². The molecule has 2 saturated heterocycles. The Morgan fingerprint density at radius 2 is 2.03 bits per heavy atom. The van der Waals surface area contributed by atoms with E-state index in [2.05, 4.69) is 21.4 Å². The average molecular weight is 472 g/mol. The number of benzene rings is 1. The van der Waals surface area contributed by atoms with Gasteiger partial charge in [-0.2, -0.15) is 5.26 Å². The largest absolute Gasteiger partial charge is 0.474 e. The van der Waals surface area contributed by atoms with E-state index in [-0.39, 0.29) is 30.4 Å². The minimum Gasteiger partial charge on any atom is -0.474 e. The summed E-state index contributed by atoms with van der Waals surface area (Å²) in [6.45, 7) is 6.46. The van der Waals surface area contributed by atoms with Crippen molar-refractivity contribution >= 4 is 29.2 Å². The van der Waals surface area contributed by atoms with Gasteiger partial charge in [0, 0.05) is 12.8 Å². The number of nitrogens with one attached hydrogen (secondary N) is 1. The van der Waals surface area contributed by atoms with Gasteiger partial charge in [0.1, 0.15) is 18.2 Å². The number of morpholine rings is 1. The zero-order chi connectivity index (χ0) is 23.5. The molecule has 1 amide bonds. The Kier molecular flexibility index (Phi) is 6.86. The van der Waals surface area contributed by atoms with Crippen molar-refractivity contribution in [1.29, 1.82) is 5.26 Å². The Labute approximate surface area is 197 Å². The third-order valence-electron chi connectivity index (χ3n) is 5.69. The van der Waals surface area contributed by atoms with Crippen LogP contribution in [0.5, 0.6) is 5.88 Å². The predicted octanol–water partition coefficient (Wildman–Crippen LogP) is 4.21. The summed E-state index contributed by atoms with van der Waals surface area (Å²) in [5.74, 6) is 1.03. The van der Waals surface area contributed by atoms with Gasteiger partial charge >= 0.3 is 6.09 Å². The molecular formula is C23H26ClN5O4. The number of nitrogens with zero attached hydrogens (tertiary/aromatic N) is 4. The van der Waals surface area contributed by atoms with Gasteiger partial charge in [-0.3, -0.25) is 4.90 Å². The highest BCUT2D eigenvalue weighted by molar-refractivity contribution is 6.33. The second-order valence-electron chi connectivity index (χ2n) is 8.48. The molecule has 1 N–H and O–H groups in total. The molecule has 33 heavy (non-hydrogen) atoms. The molecular weight excluding hydrogens is 446 g/mol. The van der Waals surface area contributed by atoms with E-state index < -0.39 is 0 Å². The first kappa shape index (κ1) is 23.1. The van der Waals surface area contributed by atoms with Gasteiger partial charge in [-0.25, -0.2) is 14.8 Å². The fourth-order valence-electron chi connectivity index (χ4n) is 4.17. The highest BCUT2D eigenvalue weighted by atomic mass is 35.5. The van der Waals surface area contributed by atoms with E-state index in [1.165, 1.54) is 6.33 Å². The Balaban J connectivity index is 1.47. The number of anilines is 2. The van der Waals surface area contributed by atoms with Gasteiger partial charge in [-0.05, 0) is 39.0 Å². The summed E-state index contributed by atoms with van der Waals surface area (Å²) in [6.07, 6.45) is 2.08. The molecule has 4 rings (SSSR count). The predicted molar refractivity (Wildman–Crippen MR) is 122 cm³/mol. The molecule has 1 aromatic heterocycles. The molecule has 2 aliphatic heterocycles. The number of nitriles is 1. The van der Waals surface area contributed by atoms with Crippen LogP contribution in [0.15, 0.2) is 24.5 Å². The van der Waals surface area contributed by atoms with E-state index in [4.69, 9.17) is 31.1 Å². The molecule has 0 aliphatic carbocycles. The smallest absolute Gasteiger partial charge is 0.410 e. The normalized spacial score (nSPS) is 21.9. The van der Waals surface area contributed by atoms with Gasteiger partial charge in [0.05, 0.1) is 59.3 Å². The van der Waals surface area contributed by atoms with Crippen molar-refractivity contribution in [2.24, 2.45) is 0 Å². The summed E-state index contributed by atoms with van der Waals surface area (Å²) >= 11 is 6.29. The highest BCUT2D eigenvalue weighted by Crippen LogP contribution is 2.33. The molecule has 0 spiro atoms. The van der Waals surface area contributed by atoms with Crippen LogP contribution in [0, 0.1) is 18.3 Å². The molecule has 10 heteroatoms. The second kappa shape index (κ2) is 9.81. The molecule has 0 saturated carbocycles. The lowest BCUT2D eigenvalue weighted by Gasteiger charge is -2.47. The summed E-state index contributed by atoms with van der Waals surface area (Å²) in [5.41, 5.74) is 1.85. The first-order valence-electron chi connectivity index (χ1n) is 10.9. The monoisotopic (exact) mass is 471 g/mol. The molecule has 2 fully saturated rings. The Hall–Kier alpha value is -3.09. The van der Waals surface area contributed by atoms with Crippen LogP contribution in [-0.4, -0.2) is 58.5 Å². The van der Waals surface area contributed by atoms with Crippen LogP contribution >= 0.6 is 11.6 Å². The summed E-state index contributed by atoms with van der Waals surface area (Å²) in [6, 6.07) is 6.86. The summed E-state index contributed by atoms with van der Waals surface area (Å²) in [5, 5.41) is 12.6. The van der Waals surface area contributed by atoms with Crippen LogP contribution in [0.25, 0.3) is 0 Å². The minimum absolute atomic E-state index is 0.106. The van der Waals surface area contributed by atoms with Crippen LogP contribution < -0.4 is 10.1 Å². The van der Waals surface area contributed by atoms with Gasteiger partial charge in [0.25, 0.3) is 0 Å². The van der Waals surface area contributed by atoms with E-state index in [1.807, 2.05) is 20.8 Å². The van der Waals surface area contributed by atoms with Crippen molar-refractivity contribution in [2.75, 3.05) is 18.5 Å². The number of carbonyl (C=O) groups is 1. The maximum atomic E-state index is 12.6. The third kappa shape index (κ3) is 5.13. The topological polar surface area (TPSA) is 110 Å². The minimum atomic E-state index is -0.300. The fraction of sp³-hybridized carbons (Fsp3) is 0.478. The zero-order valence-corrected chi connectivity index (χ0v) is 19.5. The van der Waals surface area contributed by atoms with Crippen molar-refractivity contribution in [2.45, 2.75) is 57.9 Å². The number of fused-ring (bicyclic) bond motifs is 2. The number of halogens is 1. The molecule has 2 aromatic rings. The van der Waals surface area contributed by atoms with E-state index >= 15 is 0 Å². The number of rotatable bonds is 5. The molecule has 9 nitrogen and oxygen atoms in total. The first-order valence-corrected chi connectivity index (χ1v) is 11.2. The van der Waals surface area contributed by atoms with Gasteiger partial charge in [-0.15, -0.1) is 0 Å². The van der Waals surface area contributed by atoms with Crippen molar-refractivity contribution < 1.29 is 19.0 Å². The number of hydrogen-bond donors (Lipinski definition) is 1. The van der Waals surface area contributed by atoms with Crippen LogP contribution in [0.4, 0.5) is 16.3 Å². The van der Waals surface area contributed by atoms with Crippen molar-refractivity contribution in [3.05, 3.63) is 40.7 Å². The molecule has 3 atom stereocenters. The molecule has 0 radical (unpaired) electrons. The van der Waals surface area contributed by atoms with E-state index in [0.29, 0.717) is 54.0 Å². The molecule has 174 valence electrons. The quantitative estimate of drug-likeness (QED) is 0.690. The molecule has 2 aliphatic rings. The summed E-state index contributed by atoms with van der Waals surface area (Å²) in [4.78, 5) is 23.0. The van der Waals surface area contributed by atoms with Crippen LogP contribution in [0.3, 0.4) is 0 Å². The zero-order valence-electron chi connectivity index (χ0n) is 18.7. The second-order valence-corrected chi connectivity index (χ2v) is 8.89. The van der Waals surface area contributed by atoms with Crippen LogP contribution in [-0.2, 0) is 9.47 Å². The van der Waals surface area contributed by atoms with Crippen molar-refractivity contribution in [1.82, 2.24) is 14.9 Å². The number of aromatic nitrogens is 2. The number of carbonyl (C=O) groups excluding carboxylic acids is 1. The third-order valence-corrected chi connectivity index (χ3v) is 6.00. The number of amides is 1. The lowest BCUT2D eigenvalue weighted by Crippen LogP contribution is -2.61. The van der Waals surface area contributed by atoms with Gasteiger partial charge in [-0.1, -0.05) is 11.6 Å². The number of hydrogen-bond acceptors (Lipinski definition) is 8. The first-order chi connectivity index (χ1) is 15.9. The molecule has 2 bridgehead atoms.